The fourth-order valence-electron chi connectivity index (χ4n) is 2.32. The number of nitrogens with zero attached hydrogens (tertiary/aromatic N) is 2. The van der Waals surface area contributed by atoms with E-state index < -0.39 is 11.0 Å². The first kappa shape index (κ1) is 20.4. The lowest BCUT2D eigenvalue weighted by Gasteiger charge is -2.12. The summed E-state index contributed by atoms with van der Waals surface area (Å²) in [6.45, 7) is 4.19. The molecule has 2 aromatic carbocycles. The third-order valence-electron chi connectivity index (χ3n) is 3.52. The highest BCUT2D eigenvalue weighted by molar-refractivity contribution is 5.85. The monoisotopic (exact) mass is 384 g/mol. The predicted octanol–water partition coefficient (Wildman–Crippen LogP) is 2.78. The number of ether oxygens (including phenoxy) is 2. The molecule has 28 heavy (non-hydrogen) atoms. The topological polar surface area (TPSA) is 129 Å². The zero-order valence-corrected chi connectivity index (χ0v) is 15.0. The van der Waals surface area contributed by atoms with E-state index in [2.05, 4.69) is 11.7 Å². The highest BCUT2D eigenvalue weighted by Gasteiger charge is 2.11. The van der Waals surface area contributed by atoms with Crippen molar-refractivity contribution >= 4 is 17.9 Å². The Kier molecular flexibility index (Phi) is 7.53. The van der Waals surface area contributed by atoms with Crippen molar-refractivity contribution in [3.63, 3.8) is 0 Å². The summed E-state index contributed by atoms with van der Waals surface area (Å²) < 4.78 is 11.4. The van der Waals surface area contributed by atoms with Gasteiger partial charge in [0.2, 0.25) is 0 Å². The number of allylic oxidation sites excluding steroid dienone is 1. The molecular formula is C19H20N4O5. The Hall–Kier alpha value is -3.88. The number of nitro groups is 1. The molecule has 0 bridgehead atoms. The Morgan fingerprint density at radius 2 is 1.93 bits per heavy atom. The predicted molar refractivity (Wildman–Crippen MR) is 105 cm³/mol. The Bertz CT molecular complexity index is 882. The number of nitrogens with two attached hydrogens (primary N) is 1. The Morgan fingerprint density at radius 1 is 1.21 bits per heavy atom. The summed E-state index contributed by atoms with van der Waals surface area (Å²) in [5, 5.41) is 14.6. The molecule has 0 atom stereocenters. The number of nitrogens with one attached hydrogen (secondary N) is 1. The van der Waals surface area contributed by atoms with Crippen LogP contribution in [-0.4, -0.2) is 30.4 Å². The van der Waals surface area contributed by atoms with Crippen LogP contribution in [0.2, 0.25) is 0 Å². The first-order valence-corrected chi connectivity index (χ1v) is 8.32. The number of carbonyl (C=O) groups excluding carboxylic acids is 1. The van der Waals surface area contributed by atoms with E-state index in [1.165, 1.54) is 24.4 Å². The second-order valence-electron chi connectivity index (χ2n) is 5.51. The Balaban J connectivity index is 2.02. The quantitative estimate of drug-likeness (QED) is 0.214. The molecule has 146 valence electrons. The summed E-state index contributed by atoms with van der Waals surface area (Å²) in [6, 6.07) is 10.8. The Morgan fingerprint density at radius 3 is 2.61 bits per heavy atom. The summed E-state index contributed by atoms with van der Waals surface area (Å²) in [6.07, 6.45) is 3.70. The largest absolute Gasteiger partial charge is 0.490 e. The molecule has 0 heterocycles. The van der Waals surface area contributed by atoms with Gasteiger partial charge in [-0.15, -0.1) is 6.58 Å². The SMILES string of the molecule is C=CCc1ccccc1OCCOc1ccc([N+](=O)[O-])cc1/C=N/NC(N)=O. The van der Waals surface area contributed by atoms with Gasteiger partial charge in [-0.1, -0.05) is 24.3 Å². The van der Waals surface area contributed by atoms with Crippen LogP contribution in [0.3, 0.4) is 0 Å². The van der Waals surface area contributed by atoms with E-state index in [4.69, 9.17) is 15.2 Å². The van der Waals surface area contributed by atoms with Gasteiger partial charge < -0.3 is 15.2 Å². The van der Waals surface area contributed by atoms with Crippen LogP contribution in [0.15, 0.2) is 60.2 Å². The number of rotatable bonds is 10. The highest BCUT2D eigenvalue weighted by Crippen LogP contribution is 2.23. The van der Waals surface area contributed by atoms with Crippen LogP contribution in [0.4, 0.5) is 10.5 Å². The van der Waals surface area contributed by atoms with Crippen LogP contribution < -0.4 is 20.6 Å². The van der Waals surface area contributed by atoms with E-state index in [-0.39, 0.29) is 18.9 Å². The standard InChI is InChI=1S/C19H20N4O5/c1-2-5-14-6-3-4-7-17(14)27-10-11-28-18-9-8-16(23(25)26)12-15(18)13-21-22-19(20)24/h2-4,6-9,12-13H,1,5,10-11H2,(H3,20,22,24)/b21-13+. The van der Waals surface area contributed by atoms with E-state index >= 15 is 0 Å². The van der Waals surface area contributed by atoms with Gasteiger partial charge in [0.25, 0.3) is 5.69 Å². The Labute approximate surface area is 161 Å². The fourth-order valence-corrected chi connectivity index (χ4v) is 2.32. The molecule has 0 radical (unpaired) electrons. The van der Waals surface area contributed by atoms with E-state index in [1.807, 2.05) is 29.7 Å². The normalized spacial score (nSPS) is 10.4. The summed E-state index contributed by atoms with van der Waals surface area (Å²) in [5.74, 6) is 1.09. The average molecular weight is 384 g/mol. The summed E-state index contributed by atoms with van der Waals surface area (Å²) in [5.41, 5.74) is 8.15. The number of nitro benzene ring substituents is 1. The molecule has 0 aliphatic heterocycles. The number of primary amides is 1. The van der Waals surface area contributed by atoms with Crippen LogP contribution >= 0.6 is 0 Å². The van der Waals surface area contributed by atoms with E-state index in [1.54, 1.807) is 6.08 Å². The van der Waals surface area contributed by atoms with E-state index in [0.717, 1.165) is 11.3 Å². The highest BCUT2D eigenvalue weighted by atomic mass is 16.6. The molecule has 0 saturated carbocycles. The first-order chi connectivity index (χ1) is 13.5. The lowest BCUT2D eigenvalue weighted by molar-refractivity contribution is -0.384. The van der Waals surface area contributed by atoms with Crippen molar-refractivity contribution in [1.29, 1.82) is 0 Å². The minimum Gasteiger partial charge on any atom is -0.490 e. The molecule has 9 heteroatoms. The molecular weight excluding hydrogens is 364 g/mol. The summed E-state index contributed by atoms with van der Waals surface area (Å²) in [7, 11) is 0. The molecule has 0 aliphatic rings. The van der Waals surface area contributed by atoms with Gasteiger partial charge in [0.15, 0.2) is 0 Å². The summed E-state index contributed by atoms with van der Waals surface area (Å²) in [4.78, 5) is 21.1. The van der Waals surface area contributed by atoms with Gasteiger partial charge in [-0.05, 0) is 24.1 Å². The van der Waals surface area contributed by atoms with Crippen LogP contribution in [0.5, 0.6) is 11.5 Å². The maximum atomic E-state index is 11.0. The number of carbonyl (C=O) groups is 1. The molecule has 0 spiro atoms. The third-order valence-corrected chi connectivity index (χ3v) is 3.52. The molecule has 0 saturated heterocycles. The summed E-state index contributed by atoms with van der Waals surface area (Å²) >= 11 is 0. The number of hydrazone groups is 1. The molecule has 2 aromatic rings. The van der Waals surface area contributed by atoms with Gasteiger partial charge in [-0.25, -0.2) is 10.2 Å². The van der Waals surface area contributed by atoms with E-state index in [0.29, 0.717) is 17.7 Å². The van der Waals surface area contributed by atoms with Crippen LogP contribution in [0.1, 0.15) is 11.1 Å². The van der Waals surface area contributed by atoms with Crippen molar-refractivity contribution in [2.75, 3.05) is 13.2 Å². The van der Waals surface area contributed by atoms with Gasteiger partial charge in [-0.3, -0.25) is 10.1 Å². The maximum Gasteiger partial charge on any atom is 0.332 e. The number of non-ortho nitro benzene ring substituents is 1. The number of urea groups is 1. The van der Waals surface area contributed by atoms with Crippen LogP contribution in [0, 0.1) is 10.1 Å². The molecule has 0 fully saturated rings. The molecule has 2 amide bonds. The molecule has 0 aromatic heterocycles. The van der Waals surface area contributed by atoms with Crippen molar-refractivity contribution in [3.05, 3.63) is 76.4 Å². The van der Waals surface area contributed by atoms with Crippen molar-refractivity contribution < 1.29 is 19.2 Å². The van der Waals surface area contributed by atoms with Crippen molar-refractivity contribution in [3.8, 4) is 11.5 Å². The zero-order chi connectivity index (χ0) is 20.4. The zero-order valence-electron chi connectivity index (χ0n) is 15.0. The smallest absolute Gasteiger partial charge is 0.332 e. The van der Waals surface area contributed by atoms with Gasteiger partial charge in [-0.2, -0.15) is 5.10 Å². The number of hydrogen-bond donors (Lipinski definition) is 2. The van der Waals surface area contributed by atoms with Crippen LogP contribution in [0.25, 0.3) is 0 Å². The molecule has 2 rings (SSSR count). The van der Waals surface area contributed by atoms with Crippen molar-refractivity contribution in [2.24, 2.45) is 10.8 Å². The molecule has 0 unspecified atom stereocenters. The average Bonchev–Trinajstić information content (AvgIpc) is 2.67. The number of amides is 2. The van der Waals surface area contributed by atoms with Gasteiger partial charge in [0.1, 0.15) is 24.7 Å². The third kappa shape index (κ3) is 6.13. The van der Waals surface area contributed by atoms with Gasteiger partial charge in [0, 0.05) is 17.7 Å². The molecule has 9 nitrogen and oxygen atoms in total. The lowest BCUT2D eigenvalue weighted by atomic mass is 10.1. The number of para-hydroxylation sites is 1. The number of hydrogen-bond acceptors (Lipinski definition) is 6. The second-order valence-corrected chi connectivity index (χ2v) is 5.51. The molecule has 0 aliphatic carbocycles. The van der Waals surface area contributed by atoms with Gasteiger partial charge in [0.05, 0.1) is 11.1 Å². The number of benzene rings is 2. The second kappa shape index (κ2) is 10.3. The fraction of sp³-hybridized carbons (Fsp3) is 0.158. The van der Waals surface area contributed by atoms with Gasteiger partial charge >= 0.3 is 6.03 Å². The van der Waals surface area contributed by atoms with Crippen molar-refractivity contribution in [1.82, 2.24) is 5.43 Å². The minimum atomic E-state index is -0.851. The lowest BCUT2D eigenvalue weighted by Crippen LogP contribution is -2.24. The first-order valence-electron chi connectivity index (χ1n) is 8.32. The van der Waals surface area contributed by atoms with Crippen LogP contribution in [-0.2, 0) is 6.42 Å². The maximum absolute atomic E-state index is 11.0. The minimum absolute atomic E-state index is 0.137. The van der Waals surface area contributed by atoms with E-state index in [9.17, 15) is 14.9 Å². The van der Waals surface area contributed by atoms with Crippen molar-refractivity contribution in [2.45, 2.75) is 6.42 Å². The molecule has 3 N–H and O–H groups in total.